The smallest absolute Gasteiger partial charge is 0.277 e. The second kappa shape index (κ2) is 6.77. The van der Waals surface area contributed by atoms with E-state index in [-0.39, 0.29) is 24.1 Å². The van der Waals surface area contributed by atoms with E-state index in [1.54, 1.807) is 18.8 Å². The van der Waals surface area contributed by atoms with E-state index in [1.807, 2.05) is 30.5 Å². The van der Waals surface area contributed by atoms with E-state index >= 15 is 0 Å². The van der Waals surface area contributed by atoms with Gasteiger partial charge in [-0.25, -0.2) is 4.98 Å². The minimum absolute atomic E-state index is 0.0463. The fraction of sp³-hybridized carbons (Fsp3) is 0.312. The fourth-order valence-electron chi connectivity index (χ4n) is 2.67. The van der Waals surface area contributed by atoms with Gasteiger partial charge in [-0.3, -0.25) is 14.5 Å². The molecule has 0 saturated heterocycles. The number of carbonyl (C=O) groups excluding carboxylic acids is 2. The van der Waals surface area contributed by atoms with Crippen LogP contribution in [0.15, 0.2) is 35.5 Å². The van der Waals surface area contributed by atoms with E-state index < -0.39 is 6.35 Å². The predicted molar refractivity (Wildman–Crippen MR) is 95.6 cm³/mol. The molecule has 9 heteroatoms. The van der Waals surface area contributed by atoms with Crippen LogP contribution in [0.5, 0.6) is 0 Å². The largest absolute Gasteiger partial charge is 0.356 e. The number of thioether (sulfide) groups is 1. The summed E-state index contributed by atoms with van der Waals surface area (Å²) >= 11 is 1.59. The molecule has 2 heterocycles. The first kappa shape index (κ1) is 17.3. The number of hydrogen-bond donors (Lipinski definition) is 2. The first-order valence-electron chi connectivity index (χ1n) is 7.59. The molecule has 1 aromatic carbocycles. The van der Waals surface area contributed by atoms with Crippen molar-refractivity contribution in [1.29, 1.82) is 0 Å². The molecule has 8 nitrogen and oxygen atoms in total. The standard InChI is InChI=1S/C16H19N5O3S/c1-19-14-13(15(23)20(2)16(19)24)21(9-17-14)8-12(22)18-10-5-4-6-11(7-10)25-3/h4-7,9,16,24H,8H2,1-3H3,(H,18,22). The topological polar surface area (TPSA) is 90.7 Å². The van der Waals surface area contributed by atoms with Gasteiger partial charge < -0.3 is 19.9 Å². The van der Waals surface area contributed by atoms with Crippen LogP contribution in [0.4, 0.5) is 11.5 Å². The zero-order chi connectivity index (χ0) is 18.1. The molecule has 0 bridgehead atoms. The van der Waals surface area contributed by atoms with Crippen LogP contribution in [0.25, 0.3) is 0 Å². The van der Waals surface area contributed by atoms with Gasteiger partial charge in [-0.05, 0) is 24.5 Å². The number of anilines is 2. The Balaban J connectivity index is 1.79. The van der Waals surface area contributed by atoms with Crippen molar-refractivity contribution in [2.45, 2.75) is 17.8 Å². The molecule has 1 atom stereocenters. The maximum absolute atomic E-state index is 12.4. The highest BCUT2D eigenvalue weighted by Crippen LogP contribution is 2.27. The van der Waals surface area contributed by atoms with Crippen LogP contribution in [-0.2, 0) is 11.3 Å². The second-order valence-corrected chi connectivity index (χ2v) is 6.58. The van der Waals surface area contributed by atoms with E-state index in [0.29, 0.717) is 11.5 Å². The summed E-state index contributed by atoms with van der Waals surface area (Å²) in [5, 5.41) is 12.8. The number of benzene rings is 1. The number of rotatable bonds is 4. The lowest BCUT2D eigenvalue weighted by molar-refractivity contribution is -0.116. The molecule has 0 aliphatic carbocycles. The molecule has 2 amide bonds. The molecule has 0 spiro atoms. The van der Waals surface area contributed by atoms with Gasteiger partial charge in [-0.1, -0.05) is 6.07 Å². The summed E-state index contributed by atoms with van der Waals surface area (Å²) in [4.78, 5) is 32.6. The normalized spacial score (nSPS) is 16.8. The van der Waals surface area contributed by atoms with Gasteiger partial charge in [-0.15, -0.1) is 11.8 Å². The number of fused-ring (bicyclic) bond motifs is 1. The van der Waals surface area contributed by atoms with E-state index in [4.69, 9.17) is 0 Å². The molecule has 0 saturated carbocycles. The summed E-state index contributed by atoms with van der Waals surface area (Å²) in [6.07, 6.45) is 2.32. The number of aliphatic hydroxyl groups is 1. The maximum atomic E-state index is 12.4. The average molecular weight is 361 g/mol. The van der Waals surface area contributed by atoms with Crippen molar-refractivity contribution < 1.29 is 14.7 Å². The Morgan fingerprint density at radius 1 is 1.36 bits per heavy atom. The lowest BCUT2D eigenvalue weighted by atomic mass is 10.3. The van der Waals surface area contributed by atoms with Crippen molar-refractivity contribution in [2.24, 2.45) is 0 Å². The van der Waals surface area contributed by atoms with Gasteiger partial charge in [0.1, 0.15) is 6.54 Å². The summed E-state index contributed by atoms with van der Waals surface area (Å²) in [6.45, 7) is -0.0463. The van der Waals surface area contributed by atoms with Crippen LogP contribution >= 0.6 is 11.8 Å². The maximum Gasteiger partial charge on any atom is 0.277 e. The van der Waals surface area contributed by atoms with Gasteiger partial charge in [-0.2, -0.15) is 0 Å². The van der Waals surface area contributed by atoms with Gasteiger partial charge >= 0.3 is 0 Å². The number of amides is 2. The van der Waals surface area contributed by atoms with Crippen LogP contribution in [0, 0.1) is 0 Å². The highest BCUT2D eigenvalue weighted by molar-refractivity contribution is 7.98. The highest BCUT2D eigenvalue weighted by Gasteiger charge is 2.36. The summed E-state index contributed by atoms with van der Waals surface area (Å²) in [5.74, 6) is -0.286. The number of hydrogen-bond acceptors (Lipinski definition) is 6. The molecule has 0 fully saturated rings. The molecule has 25 heavy (non-hydrogen) atoms. The van der Waals surface area contributed by atoms with Gasteiger partial charge in [0.15, 0.2) is 11.5 Å². The minimum atomic E-state index is -1.08. The molecule has 1 aliphatic heterocycles. The fourth-order valence-corrected chi connectivity index (χ4v) is 3.12. The predicted octanol–water partition coefficient (Wildman–Crippen LogP) is 1.04. The molecule has 3 rings (SSSR count). The highest BCUT2D eigenvalue weighted by atomic mass is 32.2. The molecule has 1 aromatic heterocycles. The number of aromatic nitrogens is 2. The first-order valence-corrected chi connectivity index (χ1v) is 8.82. The summed E-state index contributed by atoms with van der Waals surface area (Å²) in [6, 6.07) is 7.52. The summed E-state index contributed by atoms with van der Waals surface area (Å²) < 4.78 is 1.49. The first-order chi connectivity index (χ1) is 11.9. The molecule has 0 radical (unpaired) electrons. The van der Waals surface area contributed by atoms with Crippen LogP contribution in [0.1, 0.15) is 10.5 Å². The van der Waals surface area contributed by atoms with Crippen LogP contribution in [0.3, 0.4) is 0 Å². The van der Waals surface area contributed by atoms with Crippen LogP contribution in [-0.4, -0.2) is 58.1 Å². The Morgan fingerprint density at radius 3 is 2.84 bits per heavy atom. The molecule has 2 aromatic rings. The number of imidazole rings is 1. The van der Waals surface area contributed by atoms with Crippen molar-refractivity contribution in [3.8, 4) is 0 Å². The molecule has 132 valence electrons. The summed E-state index contributed by atoms with van der Waals surface area (Å²) in [5.41, 5.74) is 0.977. The average Bonchev–Trinajstić information content (AvgIpc) is 3.01. The van der Waals surface area contributed by atoms with E-state index in [2.05, 4.69) is 10.3 Å². The Hall–Kier alpha value is -2.52. The third-order valence-electron chi connectivity index (χ3n) is 4.04. The molecule has 1 unspecified atom stereocenters. The van der Waals surface area contributed by atoms with E-state index in [1.165, 1.54) is 27.7 Å². The van der Waals surface area contributed by atoms with Gasteiger partial charge in [0, 0.05) is 24.7 Å². The van der Waals surface area contributed by atoms with Gasteiger partial charge in [0.25, 0.3) is 5.91 Å². The van der Waals surface area contributed by atoms with Crippen molar-refractivity contribution in [1.82, 2.24) is 14.5 Å². The Labute approximate surface area is 149 Å². The van der Waals surface area contributed by atoms with E-state index in [0.717, 1.165) is 4.90 Å². The monoisotopic (exact) mass is 361 g/mol. The zero-order valence-corrected chi connectivity index (χ0v) is 14.9. The third kappa shape index (κ3) is 3.20. The molecular weight excluding hydrogens is 342 g/mol. The SMILES string of the molecule is CSc1cccc(NC(=O)Cn2cnc3c2C(=O)N(C)C(O)N3C)c1. The van der Waals surface area contributed by atoms with E-state index in [9.17, 15) is 14.7 Å². The minimum Gasteiger partial charge on any atom is -0.356 e. The number of carbonyl (C=O) groups is 2. The molecule has 2 N–H and O–H groups in total. The van der Waals surface area contributed by atoms with Crippen molar-refractivity contribution in [2.75, 3.05) is 30.6 Å². The number of nitrogens with zero attached hydrogens (tertiary/aromatic N) is 4. The lowest BCUT2D eigenvalue weighted by Gasteiger charge is -2.36. The van der Waals surface area contributed by atoms with Crippen LogP contribution < -0.4 is 10.2 Å². The third-order valence-corrected chi connectivity index (χ3v) is 4.76. The number of aliphatic hydroxyl groups excluding tert-OH is 1. The summed E-state index contributed by atoms with van der Waals surface area (Å²) in [7, 11) is 3.13. The second-order valence-electron chi connectivity index (χ2n) is 5.70. The van der Waals surface area contributed by atoms with Gasteiger partial charge in [0.05, 0.1) is 6.33 Å². The van der Waals surface area contributed by atoms with Crippen LogP contribution in [0.2, 0.25) is 0 Å². The molecule has 1 aliphatic rings. The van der Waals surface area contributed by atoms with Gasteiger partial charge in [0.2, 0.25) is 12.3 Å². The zero-order valence-electron chi connectivity index (χ0n) is 14.1. The van der Waals surface area contributed by atoms with Crippen molar-refractivity contribution in [3.05, 3.63) is 36.3 Å². The lowest BCUT2D eigenvalue weighted by Crippen LogP contribution is -2.52. The quantitative estimate of drug-likeness (QED) is 0.791. The van der Waals surface area contributed by atoms with Crippen molar-refractivity contribution >= 4 is 35.1 Å². The Kier molecular flexibility index (Phi) is 4.69. The Morgan fingerprint density at radius 2 is 2.12 bits per heavy atom. The Bertz CT molecular complexity index is 822. The van der Waals surface area contributed by atoms with Crippen molar-refractivity contribution in [3.63, 3.8) is 0 Å². The molecular formula is C16H19N5O3S. The number of nitrogens with one attached hydrogen (secondary N) is 1.